The summed E-state index contributed by atoms with van der Waals surface area (Å²) in [6, 6.07) is 17.4. The molecule has 1 aromatic heterocycles. The summed E-state index contributed by atoms with van der Waals surface area (Å²) in [6.07, 6.45) is 0.796. The van der Waals surface area contributed by atoms with Crippen LogP contribution in [0.1, 0.15) is 21.5 Å². The van der Waals surface area contributed by atoms with Gasteiger partial charge >= 0.3 is 0 Å². The van der Waals surface area contributed by atoms with Gasteiger partial charge in [0.25, 0.3) is 5.91 Å². The van der Waals surface area contributed by atoms with Gasteiger partial charge < -0.3 is 5.32 Å². The Morgan fingerprint density at radius 2 is 1.96 bits per heavy atom. The van der Waals surface area contributed by atoms with E-state index in [1.165, 1.54) is 11.1 Å². The second kappa shape index (κ2) is 6.80. The van der Waals surface area contributed by atoms with Gasteiger partial charge in [-0.2, -0.15) is 0 Å². The summed E-state index contributed by atoms with van der Waals surface area (Å²) < 4.78 is 0. The fraction of sp³-hybridized carbons (Fsp3) is 0.158. The van der Waals surface area contributed by atoms with E-state index in [4.69, 9.17) is 11.6 Å². The van der Waals surface area contributed by atoms with Gasteiger partial charge in [-0.05, 0) is 31.0 Å². The minimum Gasteiger partial charge on any atom is -0.352 e. The van der Waals surface area contributed by atoms with Gasteiger partial charge in [0, 0.05) is 11.9 Å². The van der Waals surface area contributed by atoms with Crippen molar-refractivity contribution in [3.63, 3.8) is 0 Å². The molecule has 0 fully saturated rings. The number of amides is 1. The number of fused-ring (bicyclic) bond motifs is 1. The molecule has 4 heteroatoms. The first-order valence-electron chi connectivity index (χ1n) is 7.52. The Bertz CT molecular complexity index is 861. The molecule has 0 saturated heterocycles. The summed E-state index contributed by atoms with van der Waals surface area (Å²) in [5.41, 5.74) is 3.72. The van der Waals surface area contributed by atoms with Crippen LogP contribution in [0.5, 0.6) is 0 Å². The largest absolute Gasteiger partial charge is 0.352 e. The summed E-state index contributed by atoms with van der Waals surface area (Å²) in [5, 5.41) is 4.10. The number of hydrogen-bond acceptors (Lipinski definition) is 2. The normalized spacial score (nSPS) is 10.7. The van der Waals surface area contributed by atoms with E-state index in [9.17, 15) is 4.79 Å². The first-order valence-corrected chi connectivity index (χ1v) is 7.90. The van der Waals surface area contributed by atoms with E-state index < -0.39 is 0 Å². The molecule has 0 atom stereocenters. The maximum atomic E-state index is 12.5. The summed E-state index contributed by atoms with van der Waals surface area (Å²) in [4.78, 5) is 16.7. The third-order valence-electron chi connectivity index (χ3n) is 3.71. The average Bonchev–Trinajstić information content (AvgIpc) is 2.54. The molecule has 3 rings (SSSR count). The molecule has 0 radical (unpaired) electrons. The summed E-state index contributed by atoms with van der Waals surface area (Å²) in [6.45, 7) is 2.64. The van der Waals surface area contributed by atoms with Gasteiger partial charge in [-0.3, -0.25) is 4.79 Å². The second-order valence-corrected chi connectivity index (χ2v) is 5.89. The lowest BCUT2D eigenvalue weighted by Crippen LogP contribution is -2.26. The van der Waals surface area contributed by atoms with E-state index in [1.807, 2.05) is 30.3 Å². The van der Waals surface area contributed by atoms with Crippen molar-refractivity contribution in [1.82, 2.24) is 10.3 Å². The highest BCUT2D eigenvalue weighted by Crippen LogP contribution is 2.20. The minimum absolute atomic E-state index is 0.127. The molecule has 1 N–H and O–H groups in total. The number of carbonyl (C=O) groups is 1. The predicted molar refractivity (Wildman–Crippen MR) is 94.0 cm³/mol. The maximum Gasteiger partial charge on any atom is 0.252 e. The fourth-order valence-corrected chi connectivity index (χ4v) is 2.81. The number of aromatic nitrogens is 1. The molecular formula is C19H17ClN2O. The van der Waals surface area contributed by atoms with Gasteiger partial charge in [0.1, 0.15) is 5.15 Å². The number of nitrogens with one attached hydrogen (secondary N) is 1. The van der Waals surface area contributed by atoms with Gasteiger partial charge in [-0.1, -0.05) is 59.6 Å². The number of carbonyl (C=O) groups excluding carboxylic acids is 1. The van der Waals surface area contributed by atoms with Crippen LogP contribution in [0.3, 0.4) is 0 Å². The zero-order chi connectivity index (χ0) is 16.2. The summed E-state index contributed by atoms with van der Waals surface area (Å²) in [7, 11) is 0. The topological polar surface area (TPSA) is 42.0 Å². The van der Waals surface area contributed by atoms with Crippen LogP contribution in [0.15, 0.2) is 54.6 Å². The number of hydrogen-bond donors (Lipinski definition) is 1. The van der Waals surface area contributed by atoms with E-state index in [1.54, 1.807) is 6.07 Å². The van der Waals surface area contributed by atoms with Crippen LogP contribution in [-0.4, -0.2) is 17.4 Å². The molecule has 3 nitrogen and oxygen atoms in total. The zero-order valence-electron chi connectivity index (χ0n) is 12.8. The first-order chi connectivity index (χ1) is 11.1. The summed E-state index contributed by atoms with van der Waals surface area (Å²) >= 11 is 6.02. The zero-order valence-corrected chi connectivity index (χ0v) is 13.6. The van der Waals surface area contributed by atoms with Crippen LogP contribution in [-0.2, 0) is 6.42 Å². The van der Waals surface area contributed by atoms with Crippen molar-refractivity contribution < 1.29 is 4.79 Å². The quantitative estimate of drug-likeness (QED) is 0.732. The van der Waals surface area contributed by atoms with Crippen molar-refractivity contribution in [3.8, 4) is 0 Å². The van der Waals surface area contributed by atoms with Gasteiger partial charge in [-0.15, -0.1) is 0 Å². The number of aryl methyl sites for hydroxylation is 1. The predicted octanol–water partition coefficient (Wildman–Crippen LogP) is 4.17. The van der Waals surface area contributed by atoms with Crippen molar-refractivity contribution in [1.29, 1.82) is 0 Å². The molecule has 3 aromatic rings. The smallest absolute Gasteiger partial charge is 0.252 e. The first kappa shape index (κ1) is 15.5. The lowest BCUT2D eigenvalue weighted by Gasteiger charge is -2.09. The van der Waals surface area contributed by atoms with Crippen molar-refractivity contribution in [2.75, 3.05) is 6.54 Å². The lowest BCUT2D eigenvalue weighted by molar-refractivity contribution is 0.0955. The highest BCUT2D eigenvalue weighted by Gasteiger charge is 2.11. The molecule has 1 heterocycles. The molecule has 0 spiro atoms. The standard InChI is InChI=1S/C19H17ClN2O/c1-13-5-4-6-14(11-13)9-10-21-19(23)16-12-18(20)22-17-8-3-2-7-15(16)17/h2-8,11-12H,9-10H2,1H3,(H,21,23). The molecule has 0 aliphatic rings. The van der Waals surface area contributed by atoms with Crippen LogP contribution in [0, 0.1) is 6.92 Å². The number of pyridine rings is 1. The van der Waals surface area contributed by atoms with Crippen LogP contribution in [0.2, 0.25) is 5.15 Å². The molecule has 2 aromatic carbocycles. The van der Waals surface area contributed by atoms with Gasteiger partial charge in [0.2, 0.25) is 0 Å². The number of rotatable bonds is 4. The number of benzene rings is 2. The van der Waals surface area contributed by atoms with Crippen LogP contribution >= 0.6 is 11.6 Å². The van der Waals surface area contributed by atoms with Crippen molar-refractivity contribution >= 4 is 28.4 Å². The molecule has 116 valence electrons. The second-order valence-electron chi connectivity index (χ2n) is 5.50. The highest BCUT2D eigenvalue weighted by atomic mass is 35.5. The SMILES string of the molecule is Cc1cccc(CCNC(=O)c2cc(Cl)nc3ccccc23)c1. The monoisotopic (exact) mass is 324 g/mol. The van der Waals surface area contributed by atoms with Crippen LogP contribution in [0.25, 0.3) is 10.9 Å². The fourth-order valence-electron chi connectivity index (χ4n) is 2.61. The van der Waals surface area contributed by atoms with Gasteiger partial charge in [0.05, 0.1) is 11.1 Å². The Labute approximate surface area is 140 Å². The van der Waals surface area contributed by atoms with E-state index in [0.717, 1.165) is 17.3 Å². The third kappa shape index (κ3) is 3.69. The highest BCUT2D eigenvalue weighted by molar-refractivity contribution is 6.30. The van der Waals surface area contributed by atoms with E-state index >= 15 is 0 Å². The lowest BCUT2D eigenvalue weighted by atomic mass is 10.1. The van der Waals surface area contributed by atoms with Gasteiger partial charge in [0.15, 0.2) is 0 Å². The molecule has 0 aliphatic carbocycles. The van der Waals surface area contributed by atoms with E-state index in [-0.39, 0.29) is 5.91 Å². The van der Waals surface area contributed by atoms with Crippen molar-refractivity contribution in [3.05, 3.63) is 76.4 Å². The molecule has 0 bridgehead atoms. The Balaban J connectivity index is 1.74. The molecule has 1 amide bonds. The maximum absolute atomic E-state index is 12.5. The van der Waals surface area contributed by atoms with Crippen LogP contribution in [0.4, 0.5) is 0 Å². The minimum atomic E-state index is -0.127. The molecule has 23 heavy (non-hydrogen) atoms. The number of halogens is 1. The number of para-hydroxylation sites is 1. The van der Waals surface area contributed by atoms with Crippen LogP contribution < -0.4 is 5.32 Å². The molecule has 0 saturated carbocycles. The molecule has 0 unspecified atom stereocenters. The molecule has 0 aliphatic heterocycles. The number of nitrogens with zero attached hydrogens (tertiary/aromatic N) is 1. The van der Waals surface area contributed by atoms with E-state index in [0.29, 0.717) is 17.3 Å². The Hall–Kier alpha value is -2.39. The van der Waals surface area contributed by atoms with E-state index in [2.05, 4.69) is 35.4 Å². The van der Waals surface area contributed by atoms with Crippen molar-refractivity contribution in [2.24, 2.45) is 0 Å². The Morgan fingerprint density at radius 3 is 2.78 bits per heavy atom. The average molecular weight is 325 g/mol. The van der Waals surface area contributed by atoms with Gasteiger partial charge in [-0.25, -0.2) is 4.98 Å². The third-order valence-corrected chi connectivity index (χ3v) is 3.90. The molecular weight excluding hydrogens is 308 g/mol. The Morgan fingerprint density at radius 1 is 1.13 bits per heavy atom. The Kier molecular flexibility index (Phi) is 4.58. The summed E-state index contributed by atoms with van der Waals surface area (Å²) in [5.74, 6) is -0.127. The van der Waals surface area contributed by atoms with Crippen molar-refractivity contribution in [2.45, 2.75) is 13.3 Å².